The summed E-state index contributed by atoms with van der Waals surface area (Å²) in [6, 6.07) is 4.12. The number of hydrogen-bond acceptors (Lipinski definition) is 4. The molecule has 0 aliphatic heterocycles. The number of phenols is 1. The number of nitrogens with zero attached hydrogens (tertiary/aromatic N) is 1. The SMILES string of the molecule is COc1cccc(O)c1[N+](=O)[O-].[NaH]. The quantitative estimate of drug-likeness (QED) is 0.425. The third kappa shape index (κ3) is 2.58. The second-order valence-corrected chi connectivity index (χ2v) is 2.09. The predicted octanol–water partition coefficient (Wildman–Crippen LogP) is 0.660. The molecule has 5 nitrogen and oxygen atoms in total. The monoisotopic (exact) mass is 193 g/mol. The van der Waals surface area contributed by atoms with Crippen molar-refractivity contribution in [1.29, 1.82) is 0 Å². The maximum atomic E-state index is 10.4. The molecule has 0 radical (unpaired) electrons. The molecule has 0 bridgehead atoms. The van der Waals surface area contributed by atoms with Crippen LogP contribution in [0.1, 0.15) is 0 Å². The van der Waals surface area contributed by atoms with E-state index in [1.54, 1.807) is 0 Å². The van der Waals surface area contributed by atoms with E-state index in [4.69, 9.17) is 5.11 Å². The first-order chi connectivity index (χ1) is 5.66. The molecule has 0 aliphatic carbocycles. The number of phenolic OH excluding ortho intramolecular Hbond substituents is 1. The van der Waals surface area contributed by atoms with Crippen molar-refractivity contribution in [2.24, 2.45) is 0 Å². The van der Waals surface area contributed by atoms with Gasteiger partial charge in [-0.3, -0.25) is 10.1 Å². The van der Waals surface area contributed by atoms with Crippen molar-refractivity contribution in [3.05, 3.63) is 28.3 Å². The Kier molecular flexibility index (Phi) is 4.76. The van der Waals surface area contributed by atoms with Crippen LogP contribution in [0.4, 0.5) is 5.69 Å². The van der Waals surface area contributed by atoms with Crippen LogP contribution in [0.15, 0.2) is 18.2 Å². The molecule has 0 atom stereocenters. The fourth-order valence-corrected chi connectivity index (χ4v) is 0.859. The zero-order valence-electron chi connectivity index (χ0n) is 6.35. The molecule has 0 aliphatic rings. The van der Waals surface area contributed by atoms with Gasteiger partial charge in [0.15, 0.2) is 5.75 Å². The fraction of sp³-hybridized carbons (Fsp3) is 0.143. The van der Waals surface area contributed by atoms with Crippen molar-refractivity contribution >= 4 is 35.2 Å². The topological polar surface area (TPSA) is 72.6 Å². The maximum absolute atomic E-state index is 10.4. The van der Waals surface area contributed by atoms with E-state index in [1.807, 2.05) is 0 Å². The van der Waals surface area contributed by atoms with Gasteiger partial charge in [-0.15, -0.1) is 0 Å². The predicted molar refractivity (Wildman–Crippen MR) is 48.5 cm³/mol. The Bertz CT molecular complexity index is 315. The van der Waals surface area contributed by atoms with Crippen LogP contribution in [0.3, 0.4) is 0 Å². The number of methoxy groups -OCH3 is 1. The first-order valence-corrected chi connectivity index (χ1v) is 3.17. The Morgan fingerprint density at radius 1 is 1.54 bits per heavy atom. The van der Waals surface area contributed by atoms with Gasteiger partial charge in [0, 0.05) is 0 Å². The summed E-state index contributed by atoms with van der Waals surface area (Å²) >= 11 is 0. The molecule has 1 aromatic rings. The summed E-state index contributed by atoms with van der Waals surface area (Å²) < 4.78 is 4.69. The zero-order chi connectivity index (χ0) is 9.14. The van der Waals surface area contributed by atoms with Crippen LogP contribution in [0.25, 0.3) is 0 Å². The Morgan fingerprint density at radius 3 is 2.54 bits per heavy atom. The summed E-state index contributed by atoms with van der Waals surface area (Å²) in [7, 11) is 1.31. The van der Waals surface area contributed by atoms with E-state index in [9.17, 15) is 10.1 Å². The number of nitro benzene ring substituents is 1. The average molecular weight is 193 g/mol. The Balaban J connectivity index is 0.00000144. The molecule has 13 heavy (non-hydrogen) atoms. The van der Waals surface area contributed by atoms with Crippen LogP contribution in [0.5, 0.6) is 11.5 Å². The van der Waals surface area contributed by atoms with Gasteiger partial charge < -0.3 is 9.84 Å². The number of para-hydroxylation sites is 1. The Hall–Kier alpha value is -0.780. The zero-order valence-corrected chi connectivity index (χ0v) is 6.35. The van der Waals surface area contributed by atoms with E-state index in [-0.39, 0.29) is 41.1 Å². The van der Waals surface area contributed by atoms with Crippen molar-refractivity contribution in [1.82, 2.24) is 0 Å². The van der Waals surface area contributed by atoms with E-state index >= 15 is 0 Å². The fourth-order valence-electron chi connectivity index (χ4n) is 0.859. The van der Waals surface area contributed by atoms with Crippen molar-refractivity contribution in [2.75, 3.05) is 7.11 Å². The van der Waals surface area contributed by atoms with Gasteiger partial charge >= 0.3 is 35.2 Å². The molecule has 0 heterocycles. The second-order valence-electron chi connectivity index (χ2n) is 2.09. The van der Waals surface area contributed by atoms with E-state index in [0.29, 0.717) is 0 Å². The molecule has 0 spiro atoms. The Morgan fingerprint density at radius 2 is 2.15 bits per heavy atom. The average Bonchev–Trinajstić information content (AvgIpc) is 2.03. The van der Waals surface area contributed by atoms with Crippen LogP contribution in [0, 0.1) is 10.1 Å². The van der Waals surface area contributed by atoms with Gasteiger partial charge in [-0.25, -0.2) is 0 Å². The molecular weight excluding hydrogens is 185 g/mol. The van der Waals surface area contributed by atoms with Crippen molar-refractivity contribution < 1.29 is 14.8 Å². The summed E-state index contributed by atoms with van der Waals surface area (Å²) in [5, 5.41) is 19.4. The van der Waals surface area contributed by atoms with E-state index in [1.165, 1.54) is 25.3 Å². The van der Waals surface area contributed by atoms with Gasteiger partial charge in [0.1, 0.15) is 0 Å². The van der Waals surface area contributed by atoms with E-state index in [0.717, 1.165) is 0 Å². The van der Waals surface area contributed by atoms with Crippen molar-refractivity contribution in [3.63, 3.8) is 0 Å². The molecule has 0 saturated carbocycles. The van der Waals surface area contributed by atoms with Gasteiger partial charge in [-0.2, -0.15) is 0 Å². The summed E-state index contributed by atoms with van der Waals surface area (Å²) in [6.07, 6.45) is 0. The molecule has 6 heteroatoms. The van der Waals surface area contributed by atoms with Gasteiger partial charge in [-0.05, 0) is 12.1 Å². The first kappa shape index (κ1) is 12.2. The summed E-state index contributed by atoms with van der Waals surface area (Å²) in [5.41, 5.74) is -0.403. The second kappa shape index (κ2) is 5.06. The minimum absolute atomic E-state index is 0. The standard InChI is InChI=1S/C7H7NO4.Na.H/c1-12-6-4-2-3-5(9)7(6)8(10)11;;/h2-4,9H,1H3;;. The first-order valence-electron chi connectivity index (χ1n) is 3.17. The van der Waals surface area contributed by atoms with Crippen LogP contribution in [0.2, 0.25) is 0 Å². The number of ether oxygens (including phenoxy) is 1. The Labute approximate surface area is 96.8 Å². The van der Waals surface area contributed by atoms with E-state index < -0.39 is 10.6 Å². The molecule has 0 unspecified atom stereocenters. The molecular formula is C7H8NNaO4. The molecule has 0 fully saturated rings. The van der Waals surface area contributed by atoms with Crippen molar-refractivity contribution in [3.8, 4) is 11.5 Å². The molecule has 66 valence electrons. The number of benzene rings is 1. The van der Waals surface area contributed by atoms with Crippen LogP contribution in [-0.2, 0) is 0 Å². The van der Waals surface area contributed by atoms with Crippen LogP contribution in [-0.4, -0.2) is 46.7 Å². The van der Waals surface area contributed by atoms with Gasteiger partial charge in [0.05, 0.1) is 12.0 Å². The minimum atomic E-state index is -0.686. The van der Waals surface area contributed by atoms with Crippen LogP contribution >= 0.6 is 0 Å². The number of rotatable bonds is 2. The third-order valence-electron chi connectivity index (χ3n) is 1.38. The van der Waals surface area contributed by atoms with E-state index in [2.05, 4.69) is 4.74 Å². The number of aromatic hydroxyl groups is 1. The summed E-state index contributed by atoms with van der Waals surface area (Å²) in [4.78, 5) is 9.68. The molecule has 0 amide bonds. The molecule has 0 saturated heterocycles. The molecule has 1 N–H and O–H groups in total. The van der Waals surface area contributed by atoms with Crippen LogP contribution < -0.4 is 4.74 Å². The number of nitro groups is 1. The third-order valence-corrected chi connectivity index (χ3v) is 1.38. The summed E-state index contributed by atoms with van der Waals surface area (Å²) in [6.45, 7) is 0. The van der Waals surface area contributed by atoms with Gasteiger partial charge in [0.25, 0.3) is 0 Å². The van der Waals surface area contributed by atoms with Gasteiger partial charge in [0.2, 0.25) is 5.75 Å². The normalized spacial score (nSPS) is 8.69. The van der Waals surface area contributed by atoms with Crippen molar-refractivity contribution in [2.45, 2.75) is 0 Å². The molecule has 0 aromatic heterocycles. The molecule has 1 aromatic carbocycles. The number of hydrogen-bond donors (Lipinski definition) is 1. The molecule has 1 rings (SSSR count). The summed E-state index contributed by atoms with van der Waals surface area (Å²) in [5.74, 6) is -0.334. The van der Waals surface area contributed by atoms with Gasteiger partial charge in [-0.1, -0.05) is 6.07 Å².